The van der Waals surface area contributed by atoms with Crippen LogP contribution in [0.2, 0.25) is 0 Å². The zero-order chi connectivity index (χ0) is 10.8. The van der Waals surface area contributed by atoms with E-state index in [0.29, 0.717) is 0 Å². The molecule has 0 aliphatic rings. The largest absolute Gasteiger partial charge is 0.357 e. The minimum absolute atomic E-state index is 0.792. The van der Waals surface area contributed by atoms with E-state index >= 15 is 0 Å². The molecule has 0 fully saturated rings. The van der Waals surface area contributed by atoms with Gasteiger partial charge in [0.2, 0.25) is 0 Å². The predicted octanol–water partition coefficient (Wildman–Crippen LogP) is 2.48. The van der Waals surface area contributed by atoms with Gasteiger partial charge < -0.3 is 4.57 Å². The van der Waals surface area contributed by atoms with Crippen LogP contribution in [-0.4, -0.2) is 14.5 Å². The maximum Gasteiger partial charge on any atom is 0.132 e. The van der Waals surface area contributed by atoms with E-state index in [1.54, 1.807) is 12.4 Å². The Labute approximate surface area is 97.3 Å². The third kappa shape index (κ3) is 2.45. The van der Waals surface area contributed by atoms with Crippen LogP contribution in [0.15, 0.2) is 29.3 Å². The summed E-state index contributed by atoms with van der Waals surface area (Å²) in [6.45, 7) is 2.11. The standard InChI is InChI=1S/C11H12BrN3/c1-8-6-15(2)7-9(8)3-11-13-4-10(12)5-14-11/h4-7H,3H2,1-2H3. The average Bonchev–Trinajstić information content (AvgIpc) is 2.49. The van der Waals surface area contributed by atoms with E-state index in [0.717, 1.165) is 16.7 Å². The van der Waals surface area contributed by atoms with Crippen LogP contribution >= 0.6 is 15.9 Å². The molecule has 0 radical (unpaired) electrons. The molecule has 0 unspecified atom stereocenters. The molecule has 0 bridgehead atoms. The Bertz CT molecular complexity index is 459. The van der Waals surface area contributed by atoms with E-state index in [1.165, 1.54) is 11.1 Å². The van der Waals surface area contributed by atoms with Gasteiger partial charge in [-0.3, -0.25) is 0 Å². The van der Waals surface area contributed by atoms with Gasteiger partial charge in [-0.25, -0.2) is 9.97 Å². The molecule has 0 spiro atoms. The molecule has 3 nitrogen and oxygen atoms in total. The fourth-order valence-electron chi connectivity index (χ4n) is 1.56. The Morgan fingerprint density at radius 2 is 1.93 bits per heavy atom. The van der Waals surface area contributed by atoms with Crippen LogP contribution in [0.5, 0.6) is 0 Å². The monoisotopic (exact) mass is 265 g/mol. The lowest BCUT2D eigenvalue weighted by atomic mass is 10.1. The molecule has 78 valence electrons. The maximum absolute atomic E-state index is 4.26. The average molecular weight is 266 g/mol. The maximum atomic E-state index is 4.26. The van der Waals surface area contributed by atoms with Gasteiger partial charge in [-0.15, -0.1) is 0 Å². The summed E-state index contributed by atoms with van der Waals surface area (Å²) in [6.07, 6.45) is 8.57. The lowest BCUT2D eigenvalue weighted by molar-refractivity contribution is 0.910. The molecule has 2 rings (SSSR count). The van der Waals surface area contributed by atoms with Gasteiger partial charge in [0.15, 0.2) is 0 Å². The Morgan fingerprint density at radius 1 is 1.27 bits per heavy atom. The lowest BCUT2D eigenvalue weighted by Crippen LogP contribution is -1.95. The van der Waals surface area contributed by atoms with Gasteiger partial charge in [0.1, 0.15) is 5.82 Å². The quantitative estimate of drug-likeness (QED) is 0.836. The van der Waals surface area contributed by atoms with Crippen molar-refractivity contribution in [2.75, 3.05) is 0 Å². The van der Waals surface area contributed by atoms with Crippen molar-refractivity contribution in [3.63, 3.8) is 0 Å². The van der Waals surface area contributed by atoms with E-state index in [1.807, 2.05) is 7.05 Å². The molecule has 0 saturated carbocycles. The third-order valence-corrected chi connectivity index (χ3v) is 2.70. The highest BCUT2D eigenvalue weighted by Gasteiger charge is 2.04. The third-order valence-electron chi connectivity index (χ3n) is 2.29. The second-order valence-corrected chi connectivity index (χ2v) is 4.54. The number of hydrogen-bond donors (Lipinski definition) is 0. The first-order chi connectivity index (χ1) is 7.15. The highest BCUT2D eigenvalue weighted by molar-refractivity contribution is 9.10. The normalized spacial score (nSPS) is 10.6. The summed E-state index contributed by atoms with van der Waals surface area (Å²) < 4.78 is 2.97. The second-order valence-electron chi connectivity index (χ2n) is 3.63. The van der Waals surface area contributed by atoms with Crippen molar-refractivity contribution in [3.8, 4) is 0 Å². The highest BCUT2D eigenvalue weighted by Crippen LogP contribution is 2.13. The summed E-state index contributed by atoms with van der Waals surface area (Å²) in [6, 6.07) is 0. The van der Waals surface area contributed by atoms with Crippen molar-refractivity contribution in [1.82, 2.24) is 14.5 Å². The van der Waals surface area contributed by atoms with E-state index in [4.69, 9.17) is 0 Å². The molecule has 0 N–H and O–H groups in total. The Hall–Kier alpha value is -1.16. The zero-order valence-electron chi connectivity index (χ0n) is 8.74. The highest BCUT2D eigenvalue weighted by atomic mass is 79.9. The number of aryl methyl sites for hydroxylation is 2. The second kappa shape index (κ2) is 4.14. The molecule has 0 aliphatic carbocycles. The van der Waals surface area contributed by atoms with Crippen molar-refractivity contribution >= 4 is 15.9 Å². The number of nitrogens with zero attached hydrogens (tertiary/aromatic N) is 3. The van der Waals surface area contributed by atoms with E-state index in [2.05, 4.69) is 49.8 Å². The molecular weight excluding hydrogens is 254 g/mol. The van der Waals surface area contributed by atoms with E-state index < -0.39 is 0 Å². The Balaban J connectivity index is 2.21. The fourth-order valence-corrected chi connectivity index (χ4v) is 1.76. The van der Waals surface area contributed by atoms with E-state index in [9.17, 15) is 0 Å². The number of hydrogen-bond acceptors (Lipinski definition) is 2. The Kier molecular flexibility index (Phi) is 2.86. The minimum Gasteiger partial charge on any atom is -0.357 e. The van der Waals surface area contributed by atoms with Crippen LogP contribution in [0.4, 0.5) is 0 Å². The lowest BCUT2D eigenvalue weighted by Gasteiger charge is -1.98. The molecule has 0 saturated heterocycles. The molecule has 2 heterocycles. The summed E-state index contributed by atoms with van der Waals surface area (Å²) in [7, 11) is 2.03. The minimum atomic E-state index is 0.792. The van der Waals surface area contributed by atoms with E-state index in [-0.39, 0.29) is 0 Å². The first-order valence-electron chi connectivity index (χ1n) is 4.73. The molecule has 0 atom stereocenters. The molecule has 2 aromatic rings. The fraction of sp³-hybridized carbons (Fsp3) is 0.273. The smallest absolute Gasteiger partial charge is 0.132 e. The molecule has 0 aromatic carbocycles. The van der Waals surface area contributed by atoms with Crippen molar-refractivity contribution in [3.05, 3.63) is 46.2 Å². The predicted molar refractivity (Wildman–Crippen MR) is 62.7 cm³/mol. The van der Waals surface area contributed by atoms with Crippen molar-refractivity contribution in [1.29, 1.82) is 0 Å². The van der Waals surface area contributed by atoms with Crippen LogP contribution in [0.3, 0.4) is 0 Å². The van der Waals surface area contributed by atoms with Crippen LogP contribution in [0.25, 0.3) is 0 Å². The van der Waals surface area contributed by atoms with Crippen LogP contribution in [0, 0.1) is 6.92 Å². The zero-order valence-corrected chi connectivity index (χ0v) is 10.3. The van der Waals surface area contributed by atoms with Crippen LogP contribution in [-0.2, 0) is 13.5 Å². The number of aromatic nitrogens is 3. The molecule has 4 heteroatoms. The van der Waals surface area contributed by atoms with Gasteiger partial charge in [0.05, 0.1) is 4.47 Å². The number of rotatable bonds is 2. The van der Waals surface area contributed by atoms with Gasteiger partial charge >= 0.3 is 0 Å². The summed E-state index contributed by atoms with van der Waals surface area (Å²) in [5, 5.41) is 0. The van der Waals surface area contributed by atoms with Crippen LogP contribution < -0.4 is 0 Å². The first kappa shape index (κ1) is 10.4. The first-order valence-corrected chi connectivity index (χ1v) is 5.52. The molecule has 0 amide bonds. The summed E-state index contributed by atoms with van der Waals surface area (Å²) >= 11 is 3.32. The van der Waals surface area contributed by atoms with Gasteiger partial charge in [-0.1, -0.05) is 0 Å². The number of halogens is 1. The summed E-state index contributed by atoms with van der Waals surface area (Å²) in [5.74, 6) is 0.854. The topological polar surface area (TPSA) is 30.7 Å². The van der Waals surface area contributed by atoms with Gasteiger partial charge in [0.25, 0.3) is 0 Å². The van der Waals surface area contributed by atoms with Crippen molar-refractivity contribution in [2.45, 2.75) is 13.3 Å². The van der Waals surface area contributed by atoms with Gasteiger partial charge in [-0.2, -0.15) is 0 Å². The summed E-state index contributed by atoms with van der Waals surface area (Å²) in [5.41, 5.74) is 2.56. The molecular formula is C11H12BrN3. The van der Waals surface area contributed by atoms with Gasteiger partial charge in [0, 0.05) is 38.3 Å². The Morgan fingerprint density at radius 3 is 2.47 bits per heavy atom. The summed E-state index contributed by atoms with van der Waals surface area (Å²) in [4.78, 5) is 8.51. The van der Waals surface area contributed by atoms with Crippen LogP contribution in [0.1, 0.15) is 17.0 Å². The van der Waals surface area contributed by atoms with Crippen molar-refractivity contribution < 1.29 is 0 Å². The van der Waals surface area contributed by atoms with Crippen molar-refractivity contribution in [2.24, 2.45) is 7.05 Å². The van der Waals surface area contributed by atoms with Gasteiger partial charge in [-0.05, 0) is 34.0 Å². The molecule has 15 heavy (non-hydrogen) atoms. The SMILES string of the molecule is Cc1cn(C)cc1Cc1ncc(Br)cn1. The molecule has 2 aromatic heterocycles. The molecule has 0 aliphatic heterocycles.